The maximum atomic E-state index is 5.64. The van der Waals surface area contributed by atoms with E-state index < -0.39 is 0 Å². The highest BCUT2D eigenvalue weighted by molar-refractivity contribution is 9.10. The molecule has 0 saturated carbocycles. The summed E-state index contributed by atoms with van der Waals surface area (Å²) in [7, 11) is 1.68. The molecule has 0 aliphatic carbocycles. The van der Waals surface area contributed by atoms with Crippen molar-refractivity contribution >= 4 is 33.8 Å². The van der Waals surface area contributed by atoms with Crippen LogP contribution in [-0.2, 0) is 13.0 Å². The van der Waals surface area contributed by atoms with Crippen molar-refractivity contribution < 1.29 is 4.74 Å². The molecule has 1 aromatic carbocycles. The van der Waals surface area contributed by atoms with E-state index in [0.29, 0.717) is 12.5 Å². The molecule has 0 amide bonds. The average Bonchev–Trinajstić information content (AvgIpc) is 2.46. The number of benzene rings is 1. The second-order valence-electron chi connectivity index (χ2n) is 4.73. The predicted octanol–water partition coefficient (Wildman–Crippen LogP) is 1.37. The number of nitrogens with two attached hydrogens (primary N) is 2. The number of aromatic nitrogens is 3. The predicted molar refractivity (Wildman–Crippen MR) is 84.1 cm³/mol. The molecule has 1 aromatic heterocycles. The first-order chi connectivity index (χ1) is 10.1. The molecular formula is C13H15BrN6O. The molecule has 7 nitrogen and oxygen atoms in total. The summed E-state index contributed by atoms with van der Waals surface area (Å²) in [6.07, 6.45) is 0.837. The normalized spacial score (nSPS) is 13.9. The van der Waals surface area contributed by atoms with Gasteiger partial charge in [0.05, 0.1) is 7.11 Å². The molecule has 2 aromatic rings. The smallest absolute Gasteiger partial charge is 0.232 e. The van der Waals surface area contributed by atoms with Crippen LogP contribution in [0.5, 0.6) is 5.75 Å². The maximum absolute atomic E-state index is 5.64. The Morgan fingerprint density at radius 1 is 1.14 bits per heavy atom. The first-order valence-electron chi connectivity index (χ1n) is 6.44. The molecule has 0 fully saturated rings. The molecule has 3 rings (SSSR count). The second kappa shape index (κ2) is 5.36. The zero-order chi connectivity index (χ0) is 15.0. The van der Waals surface area contributed by atoms with Gasteiger partial charge in [0.1, 0.15) is 5.75 Å². The van der Waals surface area contributed by atoms with Gasteiger partial charge in [-0.1, -0.05) is 15.9 Å². The number of hydrogen-bond donors (Lipinski definition) is 2. The molecule has 110 valence electrons. The summed E-state index contributed by atoms with van der Waals surface area (Å²) in [6.45, 7) is 1.43. The molecule has 0 spiro atoms. The minimum Gasteiger partial charge on any atom is -0.496 e. The molecule has 21 heavy (non-hydrogen) atoms. The Kier molecular flexibility index (Phi) is 3.54. The van der Waals surface area contributed by atoms with Crippen molar-refractivity contribution in [3.63, 3.8) is 0 Å². The minimum atomic E-state index is 0.132. The highest BCUT2D eigenvalue weighted by Crippen LogP contribution is 2.34. The molecule has 0 bridgehead atoms. The number of rotatable bonds is 2. The van der Waals surface area contributed by atoms with Gasteiger partial charge in [-0.05, 0) is 24.1 Å². The van der Waals surface area contributed by atoms with Gasteiger partial charge in [-0.3, -0.25) is 0 Å². The van der Waals surface area contributed by atoms with Crippen molar-refractivity contribution in [1.82, 2.24) is 15.0 Å². The number of methoxy groups -OCH3 is 1. The number of anilines is 3. The van der Waals surface area contributed by atoms with E-state index in [9.17, 15) is 0 Å². The Morgan fingerprint density at radius 3 is 2.52 bits per heavy atom. The lowest BCUT2D eigenvalue weighted by molar-refractivity contribution is 0.407. The monoisotopic (exact) mass is 350 g/mol. The molecule has 1 aliphatic rings. The summed E-state index contributed by atoms with van der Waals surface area (Å²) < 4.78 is 6.47. The molecule has 4 N–H and O–H groups in total. The third kappa shape index (κ3) is 2.58. The van der Waals surface area contributed by atoms with Gasteiger partial charge in [-0.2, -0.15) is 15.0 Å². The van der Waals surface area contributed by atoms with Crippen LogP contribution in [0.2, 0.25) is 0 Å². The summed E-state index contributed by atoms with van der Waals surface area (Å²) >= 11 is 3.59. The van der Waals surface area contributed by atoms with Gasteiger partial charge in [0.25, 0.3) is 0 Å². The van der Waals surface area contributed by atoms with Crippen molar-refractivity contribution in [2.75, 3.05) is 30.0 Å². The Hall–Kier alpha value is -2.09. The van der Waals surface area contributed by atoms with E-state index >= 15 is 0 Å². The average molecular weight is 351 g/mol. The fourth-order valence-electron chi connectivity index (χ4n) is 2.51. The largest absolute Gasteiger partial charge is 0.496 e. The third-order valence-corrected chi connectivity index (χ3v) is 4.22. The molecular weight excluding hydrogens is 336 g/mol. The van der Waals surface area contributed by atoms with Gasteiger partial charge in [-0.25, -0.2) is 0 Å². The lowest BCUT2D eigenvalue weighted by Crippen LogP contribution is -2.32. The number of halogens is 1. The van der Waals surface area contributed by atoms with E-state index in [1.807, 2.05) is 17.0 Å². The van der Waals surface area contributed by atoms with Crippen LogP contribution >= 0.6 is 15.9 Å². The zero-order valence-corrected chi connectivity index (χ0v) is 13.1. The van der Waals surface area contributed by atoms with Crippen molar-refractivity contribution in [1.29, 1.82) is 0 Å². The van der Waals surface area contributed by atoms with Crippen LogP contribution in [0.1, 0.15) is 11.1 Å². The Labute approximate surface area is 130 Å². The lowest BCUT2D eigenvalue weighted by Gasteiger charge is -2.30. The molecule has 2 heterocycles. The Balaban J connectivity index is 1.97. The van der Waals surface area contributed by atoms with Gasteiger partial charge in [0.15, 0.2) is 0 Å². The quantitative estimate of drug-likeness (QED) is 0.842. The fourth-order valence-corrected chi connectivity index (χ4v) is 3.00. The van der Waals surface area contributed by atoms with Gasteiger partial charge >= 0.3 is 0 Å². The number of hydrogen-bond acceptors (Lipinski definition) is 7. The van der Waals surface area contributed by atoms with Crippen LogP contribution in [0.4, 0.5) is 17.8 Å². The summed E-state index contributed by atoms with van der Waals surface area (Å²) in [5.41, 5.74) is 13.6. The summed E-state index contributed by atoms with van der Waals surface area (Å²) in [4.78, 5) is 14.1. The van der Waals surface area contributed by atoms with Crippen LogP contribution in [0.3, 0.4) is 0 Å². The number of fused-ring (bicyclic) bond motifs is 1. The zero-order valence-electron chi connectivity index (χ0n) is 11.5. The third-order valence-electron chi connectivity index (χ3n) is 3.47. The highest BCUT2D eigenvalue weighted by atomic mass is 79.9. The molecule has 0 atom stereocenters. The standard InChI is InChI=1S/C13H15BrN6O/c1-21-10-3-2-9(14)8-6-20(5-4-7(8)10)13-18-11(15)17-12(16)19-13/h2-3H,4-6H2,1H3,(H4,15,16,17,18,19). The van der Waals surface area contributed by atoms with Crippen molar-refractivity contribution in [3.8, 4) is 5.75 Å². The minimum absolute atomic E-state index is 0.132. The molecule has 8 heteroatoms. The Bertz CT molecular complexity index is 672. The van der Waals surface area contributed by atoms with Gasteiger partial charge in [0, 0.05) is 23.1 Å². The van der Waals surface area contributed by atoms with E-state index in [4.69, 9.17) is 16.2 Å². The first-order valence-corrected chi connectivity index (χ1v) is 7.24. The highest BCUT2D eigenvalue weighted by Gasteiger charge is 2.23. The van der Waals surface area contributed by atoms with Gasteiger partial charge in [0.2, 0.25) is 17.8 Å². The van der Waals surface area contributed by atoms with Crippen molar-refractivity contribution in [2.24, 2.45) is 0 Å². The molecule has 0 saturated heterocycles. The fraction of sp³-hybridized carbons (Fsp3) is 0.308. The van der Waals surface area contributed by atoms with E-state index in [1.54, 1.807) is 7.11 Å². The summed E-state index contributed by atoms with van der Waals surface area (Å²) in [6, 6.07) is 3.95. The van der Waals surface area contributed by atoms with Crippen molar-refractivity contribution in [2.45, 2.75) is 13.0 Å². The second-order valence-corrected chi connectivity index (χ2v) is 5.58. The van der Waals surface area contributed by atoms with E-state index in [1.165, 1.54) is 5.56 Å². The number of nitrogens with zero attached hydrogens (tertiary/aromatic N) is 4. The maximum Gasteiger partial charge on any atom is 0.232 e. The van der Waals surface area contributed by atoms with Crippen LogP contribution < -0.4 is 21.1 Å². The Morgan fingerprint density at radius 2 is 1.86 bits per heavy atom. The molecule has 0 radical (unpaired) electrons. The van der Waals surface area contributed by atoms with E-state index in [0.717, 1.165) is 28.8 Å². The molecule has 0 unspecified atom stereocenters. The van der Waals surface area contributed by atoms with Crippen molar-refractivity contribution in [3.05, 3.63) is 27.7 Å². The SMILES string of the molecule is COc1ccc(Br)c2c1CCN(c1nc(N)nc(N)n1)C2. The first kappa shape index (κ1) is 13.9. The topological polar surface area (TPSA) is 103 Å². The van der Waals surface area contributed by atoms with E-state index in [-0.39, 0.29) is 11.9 Å². The summed E-state index contributed by atoms with van der Waals surface area (Å²) in [5, 5.41) is 0. The van der Waals surface area contributed by atoms with Crippen LogP contribution in [0.25, 0.3) is 0 Å². The van der Waals surface area contributed by atoms with Crippen LogP contribution in [0.15, 0.2) is 16.6 Å². The van der Waals surface area contributed by atoms with Crippen LogP contribution in [-0.4, -0.2) is 28.6 Å². The van der Waals surface area contributed by atoms with Gasteiger partial charge in [-0.15, -0.1) is 0 Å². The number of nitrogen functional groups attached to an aromatic ring is 2. The van der Waals surface area contributed by atoms with Gasteiger partial charge < -0.3 is 21.1 Å². The number of ether oxygens (including phenoxy) is 1. The van der Waals surface area contributed by atoms with Crippen LogP contribution in [0, 0.1) is 0 Å². The summed E-state index contributed by atoms with van der Waals surface area (Å²) in [5.74, 6) is 1.67. The lowest BCUT2D eigenvalue weighted by atomic mass is 9.99. The molecule has 1 aliphatic heterocycles. The van der Waals surface area contributed by atoms with E-state index in [2.05, 4.69) is 30.9 Å².